The number of aromatic carboxylic acids is 1. The number of nitrogens with zero attached hydrogens (tertiary/aromatic N) is 4. The van der Waals surface area contributed by atoms with Crippen molar-refractivity contribution >= 4 is 81.7 Å². The van der Waals surface area contributed by atoms with E-state index in [1.54, 1.807) is 78.2 Å². The molecule has 4 aliphatic carbocycles. The van der Waals surface area contributed by atoms with E-state index in [9.17, 15) is 23.6 Å². The van der Waals surface area contributed by atoms with Crippen LogP contribution < -0.4 is 32.3 Å². The zero-order chi connectivity index (χ0) is 62.4. The first-order valence-corrected chi connectivity index (χ1v) is 29.0. The normalized spacial score (nSPS) is 19.5. The fourth-order valence-corrected chi connectivity index (χ4v) is 11.0. The number of carboxylic acids is 1. The molecule has 6 aromatic rings. The molecule has 0 spiro atoms. The van der Waals surface area contributed by atoms with Gasteiger partial charge in [0.2, 0.25) is 11.9 Å². The molecule has 0 bridgehead atoms. The summed E-state index contributed by atoms with van der Waals surface area (Å²) < 4.78 is 25.8. The number of hydrogen-bond donors (Lipinski definition) is 7. The monoisotopic (exact) mass is 1200 g/mol. The van der Waals surface area contributed by atoms with Crippen molar-refractivity contribution in [3.8, 4) is 0 Å². The van der Waals surface area contributed by atoms with Crippen molar-refractivity contribution in [2.24, 2.45) is 5.73 Å². The second-order valence-corrected chi connectivity index (χ2v) is 24.8. The summed E-state index contributed by atoms with van der Waals surface area (Å²) in [5.74, 6) is -0.00151. The largest absolute Gasteiger partial charge is 0.478 e. The average molecular weight is 1200 g/mol. The van der Waals surface area contributed by atoms with Crippen LogP contribution in [0.1, 0.15) is 162 Å². The predicted molar refractivity (Wildman–Crippen MR) is 335 cm³/mol. The van der Waals surface area contributed by atoms with Gasteiger partial charge in [-0.2, -0.15) is 0 Å². The van der Waals surface area contributed by atoms with Crippen molar-refractivity contribution in [3.05, 3.63) is 176 Å². The van der Waals surface area contributed by atoms with E-state index in [1.807, 2.05) is 12.1 Å². The maximum absolute atomic E-state index is 13.1. The second-order valence-electron chi connectivity index (χ2n) is 24.0. The van der Waals surface area contributed by atoms with Gasteiger partial charge in [-0.05, 0) is 190 Å². The first kappa shape index (κ1) is 63.1. The Labute approximate surface area is 508 Å². The number of nitrogens with one attached hydrogen (secondary N) is 5. The highest BCUT2D eigenvalue weighted by Crippen LogP contribution is 2.38. The molecule has 0 unspecified atom stereocenters. The number of amides is 3. The summed E-state index contributed by atoms with van der Waals surface area (Å²) in [5, 5.41) is 25.2. The molecule has 450 valence electrons. The highest BCUT2D eigenvalue weighted by molar-refractivity contribution is 6.32. The number of rotatable bonds is 11. The molecule has 4 aromatic carbocycles. The van der Waals surface area contributed by atoms with Gasteiger partial charge >= 0.3 is 18.2 Å². The van der Waals surface area contributed by atoms with Crippen molar-refractivity contribution in [2.75, 3.05) is 28.4 Å². The lowest BCUT2D eigenvalue weighted by atomic mass is 9.80. The lowest BCUT2D eigenvalue weighted by Gasteiger charge is -2.39. The molecule has 2 aromatic heterocycles. The highest BCUT2D eigenvalue weighted by Gasteiger charge is 2.35. The number of fused-ring (bicyclic) bond motifs is 2. The van der Waals surface area contributed by atoms with Gasteiger partial charge in [0.05, 0.1) is 47.9 Å². The summed E-state index contributed by atoms with van der Waals surface area (Å²) in [7, 11) is -1.00. The number of aromatic nitrogens is 4. The molecular weight excluding hydrogens is 1120 g/mol. The number of benzene rings is 4. The minimum atomic E-state index is -1.01. The number of carbonyl (C=O) groups excluding carboxylic acids is 3. The van der Waals surface area contributed by atoms with Gasteiger partial charge in [-0.15, -0.1) is 0 Å². The Balaban J connectivity index is 0.000000199. The SMILES string of the molecule is CC(C)(C)OC(=O)Nc1ccc(C(=O)N[C@@]2(C)CCC[C@@H](Nc3ncc(Cl)c(C4=CCc5ccccc54)n3)C2)cc1.CC(C)(C)OC(=O)Nc1ccc(C(=O)O)cc1.C[C@]1(N)CCC[C@@H](Nc2ncc(Cl)c(C3=CCc4ccccc43)n2)C1.[2H]CF. The number of ether oxygens (including phenoxy) is 2. The van der Waals surface area contributed by atoms with Crippen LogP contribution in [0.4, 0.5) is 37.3 Å². The first-order chi connectivity index (χ1) is 40.7. The van der Waals surface area contributed by atoms with Crippen LogP contribution in [0.3, 0.4) is 0 Å². The van der Waals surface area contributed by atoms with E-state index in [1.165, 1.54) is 41.0 Å². The van der Waals surface area contributed by atoms with Crippen molar-refractivity contribution in [2.45, 2.75) is 154 Å². The van der Waals surface area contributed by atoms with E-state index in [0.717, 1.165) is 92.3 Å². The minimum Gasteiger partial charge on any atom is -0.478 e. The maximum Gasteiger partial charge on any atom is 0.412 e. The van der Waals surface area contributed by atoms with Crippen LogP contribution in [0.5, 0.6) is 0 Å². The summed E-state index contributed by atoms with van der Waals surface area (Å²) in [6.45, 7) is 14.9. The molecule has 2 fully saturated rings. The van der Waals surface area contributed by atoms with E-state index >= 15 is 0 Å². The number of hydrogen-bond acceptors (Lipinski definition) is 13. The van der Waals surface area contributed by atoms with E-state index in [0.29, 0.717) is 44.9 Å². The maximum atomic E-state index is 13.1. The number of anilines is 4. The van der Waals surface area contributed by atoms with Crippen LogP contribution in [0.2, 0.25) is 10.0 Å². The van der Waals surface area contributed by atoms with Gasteiger partial charge in [-0.25, -0.2) is 34.3 Å². The summed E-state index contributed by atoms with van der Waals surface area (Å²) in [6.07, 6.45) is 16.1. The molecule has 4 aliphatic rings. The molecule has 20 heteroatoms. The van der Waals surface area contributed by atoms with Gasteiger partial charge in [0.1, 0.15) is 11.2 Å². The second kappa shape index (κ2) is 28.3. The van der Waals surface area contributed by atoms with Crippen LogP contribution in [0.25, 0.3) is 11.1 Å². The van der Waals surface area contributed by atoms with Gasteiger partial charge in [0.25, 0.3) is 5.91 Å². The van der Waals surface area contributed by atoms with Gasteiger partial charge in [0.15, 0.2) is 0 Å². The fraction of sp³-hybridized carbons (Fsp3) is 0.385. The summed E-state index contributed by atoms with van der Waals surface area (Å²) in [6, 6.07) is 29.7. The highest BCUT2D eigenvalue weighted by atomic mass is 35.5. The molecule has 2 saturated carbocycles. The molecule has 17 nitrogen and oxygen atoms in total. The Hall–Kier alpha value is -7.93. The number of nitrogens with two attached hydrogens (primary N) is 1. The number of carboxylic acid groups (broad SMARTS) is 1. The predicted octanol–water partition coefficient (Wildman–Crippen LogP) is 14.5. The Morgan fingerprint density at radius 2 is 1.08 bits per heavy atom. The van der Waals surface area contributed by atoms with Crippen molar-refractivity contribution < 1.29 is 39.5 Å². The van der Waals surface area contributed by atoms with E-state index in [4.69, 9.17) is 54.9 Å². The molecule has 4 atom stereocenters. The van der Waals surface area contributed by atoms with Crippen LogP contribution in [-0.2, 0) is 22.3 Å². The molecular formula is C65H77Cl2FN10O7. The van der Waals surface area contributed by atoms with Crippen LogP contribution in [0.15, 0.2) is 122 Å². The molecule has 0 aliphatic heterocycles. The lowest BCUT2D eigenvalue weighted by Crippen LogP contribution is -2.51. The fourth-order valence-electron chi connectivity index (χ4n) is 10.6. The number of alkyl halides is 1. The summed E-state index contributed by atoms with van der Waals surface area (Å²) >= 11 is 13.0. The van der Waals surface area contributed by atoms with Gasteiger partial charge in [-0.3, -0.25) is 19.8 Å². The topological polar surface area (TPSA) is 245 Å². The molecule has 2 heterocycles. The van der Waals surface area contributed by atoms with Gasteiger partial charge < -0.3 is 36.3 Å². The average Bonchev–Trinajstić information content (AvgIpc) is 2.56. The Morgan fingerprint density at radius 1 is 0.659 bits per heavy atom. The smallest absolute Gasteiger partial charge is 0.412 e. The summed E-state index contributed by atoms with van der Waals surface area (Å²) in [5.41, 5.74) is 15.0. The Kier molecular flexibility index (Phi) is 21.0. The zero-order valence-corrected chi connectivity index (χ0v) is 50.9. The molecule has 3 amide bonds. The molecule has 0 saturated heterocycles. The first-order valence-electron chi connectivity index (χ1n) is 29.0. The van der Waals surface area contributed by atoms with E-state index in [2.05, 4.69) is 98.9 Å². The molecule has 0 radical (unpaired) electrons. The van der Waals surface area contributed by atoms with Crippen LogP contribution in [-0.4, -0.2) is 90.6 Å². The third-order valence-corrected chi connectivity index (χ3v) is 14.9. The van der Waals surface area contributed by atoms with Crippen molar-refractivity contribution in [1.82, 2.24) is 25.3 Å². The zero-order valence-electron chi connectivity index (χ0n) is 50.4. The summed E-state index contributed by atoms with van der Waals surface area (Å²) in [4.78, 5) is 65.6. The quantitative estimate of drug-likeness (QED) is 0.0638. The standard InChI is InChI=1S/C32H36ClN5O3.C20H23ClN4.C12H15NO4.CH3F/c1-31(2,3)41-30(40)36-22-14-11-21(12-15-22)28(39)38-32(4)17-7-9-23(18-32)35-29-34-19-26(33)27(37-29)25-16-13-20-8-5-6-10-24(20)25;1-20(22)10-4-6-14(11-20)24-19-23-12-17(21)18(25-19)16-9-8-13-5-2-3-7-15(13)16;1-12(2,3)17-11(16)13-9-6-4-8(5-7-9)10(14)15;1-2/h5-6,8,10-12,14-16,19,23H,7,9,13,17-18H2,1-4H3,(H,36,40)(H,38,39)(H,34,35,37);2-3,5,7,9,12,14H,4,6,8,10-11,22H2,1H3,(H,23,24,25);4-7H,1-3H3,(H,13,16)(H,14,15);1H3/t23-,32+;14-,20+;;/m11../s1/i;;;1D. The third-order valence-electron chi connectivity index (χ3n) is 14.3. The number of halogens is 3. The molecule has 10 rings (SSSR count). The Morgan fingerprint density at radius 3 is 1.52 bits per heavy atom. The molecule has 85 heavy (non-hydrogen) atoms. The molecule has 8 N–H and O–H groups in total. The third kappa shape index (κ3) is 18.8. The van der Waals surface area contributed by atoms with E-state index in [-0.39, 0.29) is 23.1 Å². The van der Waals surface area contributed by atoms with Crippen LogP contribution in [0, 0.1) is 0 Å². The van der Waals surface area contributed by atoms with Gasteiger partial charge in [0, 0.05) is 51.2 Å². The van der Waals surface area contributed by atoms with Crippen LogP contribution >= 0.6 is 23.2 Å². The van der Waals surface area contributed by atoms with Gasteiger partial charge in [-0.1, -0.05) is 83.9 Å². The lowest BCUT2D eigenvalue weighted by molar-refractivity contribution is 0.0624. The van der Waals surface area contributed by atoms with E-state index < -0.39 is 42.1 Å². The van der Waals surface area contributed by atoms with Crippen molar-refractivity contribution in [1.29, 1.82) is 0 Å². The Bertz CT molecular complexity index is 3430. The number of allylic oxidation sites excluding steroid dienone is 2. The minimum absolute atomic E-state index is 0.0910. The number of carbonyl (C=O) groups is 4. The van der Waals surface area contributed by atoms with Crippen molar-refractivity contribution in [3.63, 3.8) is 0 Å².